The van der Waals surface area contributed by atoms with E-state index in [1.165, 1.54) is 38.5 Å². The Hall–Kier alpha value is -3.66. The van der Waals surface area contributed by atoms with Crippen molar-refractivity contribution in [1.29, 1.82) is 0 Å². The molecule has 0 radical (unpaired) electrons. The Balaban J connectivity index is 0.00000343. The molecule has 226 valence electrons. The number of fused-ring (bicyclic) bond motifs is 4. The van der Waals surface area contributed by atoms with Crippen molar-refractivity contribution in [3.05, 3.63) is 127 Å². The number of nitrogens with zero attached hydrogens (tertiary/aromatic N) is 4. The maximum atomic E-state index is 4.72. The molecule has 0 saturated carbocycles. The van der Waals surface area contributed by atoms with Crippen molar-refractivity contribution in [3.63, 3.8) is 0 Å². The predicted octanol–water partition coefficient (Wildman–Crippen LogP) is 8.48. The number of aromatic nitrogens is 2. The van der Waals surface area contributed by atoms with Crippen LogP contribution in [0.5, 0.6) is 0 Å². The van der Waals surface area contributed by atoms with Crippen molar-refractivity contribution in [3.8, 4) is 5.82 Å². The minimum absolute atomic E-state index is 0. The molecular weight excluding hydrogens is 736 g/mol. The Bertz CT molecular complexity index is 1970. The largest absolute Gasteiger partial charge is 0.504 e. The van der Waals surface area contributed by atoms with Gasteiger partial charge in [-0.2, -0.15) is 53.3 Å². The first-order valence-electron chi connectivity index (χ1n) is 15.0. The fourth-order valence-electron chi connectivity index (χ4n) is 6.31. The van der Waals surface area contributed by atoms with Crippen LogP contribution in [-0.4, -0.2) is 24.7 Å². The average molecular weight is 773 g/mol. The Kier molecular flexibility index (Phi) is 7.84. The number of benzene rings is 4. The van der Waals surface area contributed by atoms with E-state index < -0.39 is 8.07 Å². The van der Waals surface area contributed by atoms with Gasteiger partial charge in [-0.1, -0.05) is 81.8 Å². The van der Waals surface area contributed by atoms with Crippen molar-refractivity contribution in [1.82, 2.24) is 9.55 Å². The van der Waals surface area contributed by atoms with E-state index in [-0.39, 0.29) is 26.5 Å². The summed E-state index contributed by atoms with van der Waals surface area (Å²) >= 11 is 0. The standard InChI is InChI=1S/C38H37N4Si.Pt/c1-38(2,3)28-21-27(22-29(23-28)41-26-40(4)34-15-9-10-16-35(34)41)25-43(5,6)30-18-19-32-31-13-7-8-14-33(31)42(36(32)24-30)37-17-11-12-20-39-37;/h7-21,23,26H,25H2,1-6H3;/q-3;. The first-order chi connectivity index (χ1) is 20.6. The number of pyridine rings is 1. The molecule has 1 aliphatic rings. The second-order valence-electron chi connectivity index (χ2n) is 13.4. The molecule has 4 aromatic carbocycles. The zero-order valence-electron chi connectivity index (χ0n) is 26.1. The van der Waals surface area contributed by atoms with Crippen molar-refractivity contribution in [2.45, 2.75) is 45.3 Å². The molecule has 0 unspecified atom stereocenters. The normalized spacial score (nSPS) is 13.4. The zero-order chi connectivity index (χ0) is 29.9. The maximum absolute atomic E-state index is 4.72. The summed E-state index contributed by atoms with van der Waals surface area (Å²) in [5.41, 5.74) is 8.36. The third-order valence-electron chi connectivity index (χ3n) is 8.67. The topological polar surface area (TPSA) is 24.3 Å². The van der Waals surface area contributed by atoms with Crippen molar-refractivity contribution in [2.75, 3.05) is 16.8 Å². The first kappa shape index (κ1) is 30.4. The molecule has 0 bridgehead atoms. The van der Waals surface area contributed by atoms with E-state index >= 15 is 0 Å². The molecule has 0 amide bonds. The zero-order valence-corrected chi connectivity index (χ0v) is 29.4. The first-order valence-corrected chi connectivity index (χ1v) is 18.2. The van der Waals surface area contributed by atoms with Gasteiger partial charge in [0.05, 0.1) is 8.07 Å². The summed E-state index contributed by atoms with van der Waals surface area (Å²) < 4.78 is 2.26. The molecule has 0 spiro atoms. The quantitative estimate of drug-likeness (QED) is 0.130. The fourth-order valence-corrected chi connectivity index (χ4v) is 8.63. The fraction of sp³-hybridized carbons (Fsp3) is 0.211. The number of rotatable bonds is 5. The second-order valence-corrected chi connectivity index (χ2v) is 18.0. The summed E-state index contributed by atoms with van der Waals surface area (Å²) in [5, 5.41) is 3.76. The smallest absolute Gasteiger partial charge is 0.135 e. The van der Waals surface area contributed by atoms with Gasteiger partial charge in [0.25, 0.3) is 0 Å². The van der Waals surface area contributed by atoms with Gasteiger partial charge in [0, 0.05) is 44.2 Å². The molecular formula is C38H37N4PtSi-3. The van der Waals surface area contributed by atoms with E-state index in [0.717, 1.165) is 28.6 Å². The minimum atomic E-state index is -2.00. The van der Waals surface area contributed by atoms with Gasteiger partial charge in [-0.05, 0) is 48.2 Å². The molecule has 1 aliphatic heterocycles. The van der Waals surface area contributed by atoms with Crippen LogP contribution in [0.4, 0.5) is 17.1 Å². The second kappa shape index (κ2) is 11.4. The average Bonchev–Trinajstić information content (AvgIpc) is 3.51. The van der Waals surface area contributed by atoms with Crippen LogP contribution >= 0.6 is 0 Å². The molecule has 7 rings (SSSR count). The molecule has 0 N–H and O–H groups in total. The molecule has 0 aliphatic carbocycles. The van der Waals surface area contributed by atoms with Gasteiger partial charge in [0.15, 0.2) is 0 Å². The molecule has 6 heteroatoms. The van der Waals surface area contributed by atoms with Crippen LogP contribution in [0.1, 0.15) is 31.9 Å². The van der Waals surface area contributed by atoms with E-state index in [0.29, 0.717) is 0 Å². The predicted molar refractivity (Wildman–Crippen MR) is 183 cm³/mol. The molecule has 2 aromatic heterocycles. The molecule has 0 atom stereocenters. The molecule has 3 heterocycles. The van der Waals surface area contributed by atoms with E-state index in [1.807, 2.05) is 12.3 Å². The Morgan fingerprint density at radius 1 is 0.818 bits per heavy atom. The Labute approximate surface area is 276 Å². The third kappa shape index (κ3) is 5.31. The number of para-hydroxylation sites is 3. The summed E-state index contributed by atoms with van der Waals surface area (Å²) in [5.74, 6) is 0.921. The number of hydrogen-bond acceptors (Lipinski definition) is 3. The van der Waals surface area contributed by atoms with Gasteiger partial charge in [-0.15, -0.1) is 17.1 Å². The minimum Gasteiger partial charge on any atom is -0.504 e. The van der Waals surface area contributed by atoms with Crippen LogP contribution in [0, 0.1) is 18.8 Å². The monoisotopic (exact) mass is 772 g/mol. The Morgan fingerprint density at radius 3 is 2.30 bits per heavy atom. The van der Waals surface area contributed by atoms with Gasteiger partial charge in [-0.3, -0.25) is 0 Å². The van der Waals surface area contributed by atoms with Gasteiger partial charge in [0.1, 0.15) is 5.82 Å². The van der Waals surface area contributed by atoms with Gasteiger partial charge in [0.2, 0.25) is 0 Å². The molecule has 0 saturated heterocycles. The summed E-state index contributed by atoms with van der Waals surface area (Å²) in [6.07, 6.45) is 1.86. The van der Waals surface area contributed by atoms with Gasteiger partial charge >= 0.3 is 0 Å². The van der Waals surface area contributed by atoms with Crippen LogP contribution in [0.25, 0.3) is 27.6 Å². The van der Waals surface area contributed by atoms with E-state index in [4.69, 9.17) is 4.98 Å². The van der Waals surface area contributed by atoms with E-state index in [9.17, 15) is 0 Å². The van der Waals surface area contributed by atoms with Crippen molar-refractivity contribution < 1.29 is 21.1 Å². The number of hydrogen-bond donors (Lipinski definition) is 0. The summed E-state index contributed by atoms with van der Waals surface area (Å²) in [6, 6.07) is 41.3. The summed E-state index contributed by atoms with van der Waals surface area (Å²) in [4.78, 5) is 9.20. The molecule has 4 nitrogen and oxygen atoms in total. The summed E-state index contributed by atoms with van der Waals surface area (Å²) in [6.45, 7) is 14.0. The molecule has 0 fully saturated rings. The Morgan fingerprint density at radius 2 is 1.55 bits per heavy atom. The van der Waals surface area contributed by atoms with Crippen LogP contribution in [-0.2, 0) is 32.5 Å². The maximum Gasteiger partial charge on any atom is 0.135 e. The van der Waals surface area contributed by atoms with Crippen LogP contribution < -0.4 is 15.0 Å². The van der Waals surface area contributed by atoms with Gasteiger partial charge in [-0.25, -0.2) is 4.98 Å². The number of anilines is 3. The molecule has 6 aromatic rings. The van der Waals surface area contributed by atoms with Crippen LogP contribution in [0.2, 0.25) is 13.1 Å². The van der Waals surface area contributed by atoms with E-state index in [2.05, 4.69) is 159 Å². The van der Waals surface area contributed by atoms with Gasteiger partial charge < -0.3 is 14.4 Å². The SMILES string of the molecule is CN1[CH-]N(c2[c-]c(C[Si](C)(C)c3[c-]c4c(cc3)c3ccccc3n4-c3ccccn3)cc(C(C)(C)C)c2)c2ccccc21.[Pt]. The van der Waals surface area contributed by atoms with Crippen molar-refractivity contribution in [2.24, 2.45) is 0 Å². The van der Waals surface area contributed by atoms with Crippen molar-refractivity contribution >= 4 is 52.1 Å². The van der Waals surface area contributed by atoms with E-state index in [1.54, 1.807) is 0 Å². The molecule has 44 heavy (non-hydrogen) atoms. The summed E-state index contributed by atoms with van der Waals surface area (Å²) in [7, 11) is 0.111. The van der Waals surface area contributed by atoms with Crippen LogP contribution in [0.3, 0.4) is 0 Å². The third-order valence-corrected chi connectivity index (χ3v) is 11.7. The van der Waals surface area contributed by atoms with Crippen LogP contribution in [0.15, 0.2) is 97.2 Å².